The molecule has 1 aliphatic heterocycles. The lowest BCUT2D eigenvalue weighted by Gasteiger charge is -2.30. The number of carbonyl (C=O) groups excluding carboxylic acids is 1. The van der Waals surface area contributed by atoms with Gasteiger partial charge in [0.25, 0.3) is 5.91 Å². The average Bonchev–Trinajstić information content (AvgIpc) is 2.78. The normalized spacial score (nSPS) is 17.0. The lowest BCUT2D eigenvalue weighted by molar-refractivity contribution is 0.102. The van der Waals surface area contributed by atoms with Crippen molar-refractivity contribution in [3.63, 3.8) is 0 Å². The van der Waals surface area contributed by atoms with Crippen LogP contribution in [0.15, 0.2) is 35.2 Å². The van der Waals surface area contributed by atoms with Crippen LogP contribution in [0.2, 0.25) is 5.02 Å². The number of sulfonamides is 1. The van der Waals surface area contributed by atoms with E-state index in [1.54, 1.807) is 12.1 Å². The first-order valence-corrected chi connectivity index (χ1v) is 11.9. The Labute approximate surface area is 193 Å². The Balaban J connectivity index is 1.91. The van der Waals surface area contributed by atoms with E-state index in [1.165, 1.54) is 43.8 Å². The second-order valence-electron chi connectivity index (χ2n) is 7.62. The third kappa shape index (κ3) is 4.95. The van der Waals surface area contributed by atoms with Crippen LogP contribution in [0.1, 0.15) is 30.1 Å². The number of hydrogen-bond donors (Lipinski definition) is 1. The Kier molecular flexibility index (Phi) is 7.53. The standard InChI is InChI=1S/C22H27ClN2O6S/c1-14-6-5-9-25(13-14)32(27,28)20-10-15(7-8-17(20)23)22(26)24-16-11-18(29-2)21(31-4)19(12-16)30-3/h7-8,10-12,14H,5-6,9,13H2,1-4H3,(H,24,26)/t14-/m0/s1. The Hall–Kier alpha value is -2.49. The molecule has 0 spiro atoms. The topological polar surface area (TPSA) is 94.2 Å². The molecule has 10 heteroatoms. The minimum absolute atomic E-state index is 0.0764. The molecule has 1 atom stereocenters. The fourth-order valence-corrected chi connectivity index (χ4v) is 5.80. The number of amides is 1. The summed E-state index contributed by atoms with van der Waals surface area (Å²) in [4.78, 5) is 12.8. The molecule has 0 unspecified atom stereocenters. The summed E-state index contributed by atoms with van der Waals surface area (Å²) < 4.78 is 43.7. The van der Waals surface area contributed by atoms with Crippen LogP contribution in [0.5, 0.6) is 17.2 Å². The highest BCUT2D eigenvalue weighted by Crippen LogP contribution is 2.40. The molecule has 32 heavy (non-hydrogen) atoms. The summed E-state index contributed by atoms with van der Waals surface area (Å²) in [6, 6.07) is 7.38. The van der Waals surface area contributed by atoms with Gasteiger partial charge in [0, 0.05) is 36.5 Å². The number of nitrogens with one attached hydrogen (secondary N) is 1. The van der Waals surface area contributed by atoms with Crippen LogP contribution in [-0.4, -0.2) is 53.0 Å². The van der Waals surface area contributed by atoms with Gasteiger partial charge < -0.3 is 19.5 Å². The van der Waals surface area contributed by atoms with E-state index in [0.717, 1.165) is 12.8 Å². The minimum Gasteiger partial charge on any atom is -0.493 e. The molecule has 0 saturated carbocycles. The Bertz CT molecular complexity index is 1080. The van der Waals surface area contributed by atoms with Crippen molar-refractivity contribution in [3.05, 3.63) is 40.9 Å². The van der Waals surface area contributed by atoms with Crippen molar-refractivity contribution in [1.82, 2.24) is 4.31 Å². The number of piperidine rings is 1. The zero-order valence-electron chi connectivity index (χ0n) is 18.5. The van der Waals surface area contributed by atoms with Gasteiger partial charge in [-0.2, -0.15) is 4.31 Å². The predicted molar refractivity (Wildman–Crippen MR) is 123 cm³/mol. The lowest BCUT2D eigenvalue weighted by atomic mass is 10.0. The van der Waals surface area contributed by atoms with Crippen LogP contribution in [0.3, 0.4) is 0 Å². The molecule has 1 fully saturated rings. The number of nitrogens with zero attached hydrogens (tertiary/aromatic N) is 1. The number of hydrogen-bond acceptors (Lipinski definition) is 6. The summed E-state index contributed by atoms with van der Waals surface area (Å²) in [6.45, 7) is 2.88. The second-order valence-corrected chi connectivity index (χ2v) is 9.94. The van der Waals surface area contributed by atoms with E-state index in [0.29, 0.717) is 36.0 Å². The molecule has 2 aromatic carbocycles. The predicted octanol–water partition coefficient (Wildman–Crippen LogP) is 4.04. The third-order valence-corrected chi connectivity index (χ3v) is 7.70. The molecule has 3 rings (SSSR count). The van der Waals surface area contributed by atoms with Crippen LogP contribution in [-0.2, 0) is 10.0 Å². The van der Waals surface area contributed by atoms with E-state index >= 15 is 0 Å². The maximum atomic E-state index is 13.2. The Morgan fingerprint density at radius 1 is 1.09 bits per heavy atom. The molecule has 0 radical (unpaired) electrons. The summed E-state index contributed by atoms with van der Waals surface area (Å²) in [6.07, 6.45) is 1.77. The van der Waals surface area contributed by atoms with Gasteiger partial charge in [-0.3, -0.25) is 4.79 Å². The quantitative estimate of drug-likeness (QED) is 0.640. The van der Waals surface area contributed by atoms with Gasteiger partial charge in [0.05, 0.1) is 26.4 Å². The molecule has 1 heterocycles. The number of ether oxygens (including phenoxy) is 3. The van der Waals surface area contributed by atoms with Crippen molar-refractivity contribution in [1.29, 1.82) is 0 Å². The zero-order chi connectivity index (χ0) is 23.5. The third-order valence-electron chi connectivity index (χ3n) is 5.35. The first-order chi connectivity index (χ1) is 15.2. The van der Waals surface area contributed by atoms with Gasteiger partial charge in [-0.1, -0.05) is 18.5 Å². The van der Waals surface area contributed by atoms with Gasteiger partial charge in [-0.25, -0.2) is 8.42 Å². The number of methoxy groups -OCH3 is 3. The van der Waals surface area contributed by atoms with Gasteiger partial charge in [-0.15, -0.1) is 0 Å². The molecule has 0 aliphatic carbocycles. The van der Waals surface area contributed by atoms with Crippen LogP contribution >= 0.6 is 11.6 Å². The summed E-state index contributed by atoms with van der Waals surface area (Å²) in [5, 5.41) is 2.81. The monoisotopic (exact) mass is 482 g/mol. The number of carbonyl (C=O) groups is 1. The summed E-state index contributed by atoms with van der Waals surface area (Å²) in [7, 11) is 0.609. The van der Waals surface area contributed by atoms with E-state index in [1.807, 2.05) is 6.92 Å². The molecular formula is C22H27ClN2O6S. The number of benzene rings is 2. The maximum absolute atomic E-state index is 13.2. The van der Waals surface area contributed by atoms with E-state index < -0.39 is 15.9 Å². The van der Waals surface area contributed by atoms with Crippen molar-refractivity contribution in [2.45, 2.75) is 24.7 Å². The molecule has 1 aliphatic rings. The molecule has 1 N–H and O–H groups in total. The van der Waals surface area contributed by atoms with Crippen LogP contribution in [0.4, 0.5) is 5.69 Å². The second kappa shape index (κ2) is 9.97. The van der Waals surface area contributed by atoms with E-state index in [9.17, 15) is 13.2 Å². The molecule has 2 aromatic rings. The van der Waals surface area contributed by atoms with Gasteiger partial charge in [-0.05, 0) is 37.0 Å². The molecule has 0 bridgehead atoms. The zero-order valence-corrected chi connectivity index (χ0v) is 20.0. The molecule has 8 nitrogen and oxygen atoms in total. The molecule has 1 saturated heterocycles. The fourth-order valence-electron chi connectivity index (χ4n) is 3.70. The first kappa shape index (κ1) is 24.2. The highest BCUT2D eigenvalue weighted by atomic mass is 35.5. The lowest BCUT2D eigenvalue weighted by Crippen LogP contribution is -2.39. The van der Waals surface area contributed by atoms with E-state index in [-0.39, 0.29) is 21.4 Å². The molecule has 174 valence electrons. The highest BCUT2D eigenvalue weighted by molar-refractivity contribution is 7.89. The van der Waals surface area contributed by atoms with Crippen molar-refractivity contribution in [2.75, 3.05) is 39.7 Å². The van der Waals surface area contributed by atoms with Gasteiger partial charge in [0.2, 0.25) is 15.8 Å². The van der Waals surface area contributed by atoms with Crippen LogP contribution in [0, 0.1) is 5.92 Å². The van der Waals surface area contributed by atoms with Crippen molar-refractivity contribution in [2.24, 2.45) is 5.92 Å². The van der Waals surface area contributed by atoms with Gasteiger partial charge in [0.15, 0.2) is 11.5 Å². The summed E-state index contributed by atoms with van der Waals surface area (Å²) in [5.74, 6) is 0.910. The van der Waals surface area contributed by atoms with Crippen molar-refractivity contribution >= 4 is 33.2 Å². The molecular weight excluding hydrogens is 456 g/mol. The van der Waals surface area contributed by atoms with Crippen LogP contribution in [0.25, 0.3) is 0 Å². The highest BCUT2D eigenvalue weighted by Gasteiger charge is 2.31. The minimum atomic E-state index is -3.82. The molecule has 0 aromatic heterocycles. The number of anilines is 1. The smallest absolute Gasteiger partial charge is 0.255 e. The summed E-state index contributed by atoms with van der Waals surface area (Å²) in [5.41, 5.74) is 0.556. The van der Waals surface area contributed by atoms with Crippen LogP contribution < -0.4 is 19.5 Å². The number of halogens is 1. The molecule has 1 amide bonds. The van der Waals surface area contributed by atoms with Crippen molar-refractivity contribution in [3.8, 4) is 17.2 Å². The maximum Gasteiger partial charge on any atom is 0.255 e. The largest absolute Gasteiger partial charge is 0.493 e. The SMILES string of the molecule is COc1cc(NC(=O)c2ccc(Cl)c(S(=O)(=O)N3CCC[C@H](C)C3)c2)cc(OC)c1OC. The first-order valence-electron chi connectivity index (χ1n) is 10.1. The Morgan fingerprint density at radius 2 is 1.75 bits per heavy atom. The van der Waals surface area contributed by atoms with E-state index in [4.69, 9.17) is 25.8 Å². The average molecular weight is 483 g/mol. The van der Waals surface area contributed by atoms with Gasteiger partial charge >= 0.3 is 0 Å². The number of rotatable bonds is 7. The Morgan fingerprint density at radius 3 is 2.31 bits per heavy atom. The van der Waals surface area contributed by atoms with Crippen molar-refractivity contribution < 1.29 is 27.4 Å². The van der Waals surface area contributed by atoms with E-state index in [2.05, 4.69) is 5.32 Å². The summed E-state index contributed by atoms with van der Waals surface area (Å²) >= 11 is 6.23. The van der Waals surface area contributed by atoms with Gasteiger partial charge in [0.1, 0.15) is 4.90 Å². The fraction of sp³-hybridized carbons (Fsp3) is 0.409.